The van der Waals surface area contributed by atoms with E-state index in [0.717, 1.165) is 0 Å². The second-order valence-electron chi connectivity index (χ2n) is 15.1. The zero-order chi connectivity index (χ0) is 35.7. The van der Waals surface area contributed by atoms with Crippen LogP contribution in [-0.4, -0.2) is 95.6 Å². The Bertz CT molecular complexity index is 1120. The Labute approximate surface area is 276 Å². The van der Waals surface area contributed by atoms with Crippen molar-refractivity contribution < 1.29 is 28.8 Å². The van der Waals surface area contributed by atoms with E-state index < -0.39 is 64.5 Å². The van der Waals surface area contributed by atoms with Crippen molar-refractivity contribution in [2.24, 2.45) is 22.7 Å². The van der Waals surface area contributed by atoms with Crippen LogP contribution in [0.15, 0.2) is 12.7 Å². The average molecular weight is 649 g/mol. The fourth-order valence-electron chi connectivity index (χ4n) is 5.55. The van der Waals surface area contributed by atoms with Crippen molar-refractivity contribution in [2.45, 2.75) is 126 Å². The van der Waals surface area contributed by atoms with E-state index in [-0.39, 0.29) is 43.3 Å². The van der Waals surface area contributed by atoms with Gasteiger partial charge in [0.15, 0.2) is 0 Å². The first-order valence-corrected chi connectivity index (χ1v) is 16.5. The Morgan fingerprint density at radius 3 is 1.91 bits per heavy atom. The van der Waals surface area contributed by atoms with Gasteiger partial charge in [0.25, 0.3) is 5.91 Å². The molecule has 6 amide bonds. The third-order valence-electron chi connectivity index (χ3n) is 8.59. The molecule has 1 aliphatic heterocycles. The number of likely N-dealkylation sites (tertiary alicyclic amines) is 1. The summed E-state index contributed by atoms with van der Waals surface area (Å²) in [5.74, 6) is -2.95. The molecule has 12 heteroatoms. The normalized spacial score (nSPS) is 18.8. The van der Waals surface area contributed by atoms with Gasteiger partial charge in [0.2, 0.25) is 23.5 Å². The Balaban J connectivity index is 3.37. The fourth-order valence-corrected chi connectivity index (χ4v) is 5.55. The maximum atomic E-state index is 14.3. The molecule has 0 aromatic carbocycles. The number of ketones is 1. The number of carbonyl (C=O) groups is 6. The molecule has 1 unspecified atom stereocenters. The highest BCUT2D eigenvalue weighted by Crippen LogP contribution is 2.33. The van der Waals surface area contributed by atoms with Gasteiger partial charge in [0, 0.05) is 26.2 Å². The largest absolute Gasteiger partial charge is 0.346 e. The molecule has 0 aromatic rings. The van der Waals surface area contributed by atoms with Crippen molar-refractivity contribution in [2.75, 3.05) is 20.1 Å². The van der Waals surface area contributed by atoms with Crippen LogP contribution in [-0.2, 0) is 24.0 Å². The molecule has 262 valence electrons. The Morgan fingerprint density at radius 2 is 1.46 bits per heavy atom. The van der Waals surface area contributed by atoms with Gasteiger partial charge in [-0.2, -0.15) is 0 Å². The first-order chi connectivity index (χ1) is 21.1. The SMILES string of the molecule is C=CCNC(=O)C(=O)C(CCC)NC(=O)[C@@H]1[C@@H](C(C)C)CCN1C(=O)[C@@H](NC(=O)N[C@H](C(=O)N(C)C(C)C)C(C)(C)C)C(C)(C)C. The van der Waals surface area contributed by atoms with E-state index in [4.69, 9.17) is 0 Å². The van der Waals surface area contributed by atoms with Gasteiger partial charge in [0.1, 0.15) is 18.1 Å². The fraction of sp³-hybridized carbons (Fsp3) is 0.765. The highest BCUT2D eigenvalue weighted by Gasteiger charge is 2.48. The lowest BCUT2D eigenvalue weighted by molar-refractivity contribution is -0.144. The van der Waals surface area contributed by atoms with E-state index in [0.29, 0.717) is 12.8 Å². The molecule has 0 aliphatic carbocycles. The number of rotatable bonds is 14. The molecular formula is C34H60N6O6. The lowest BCUT2D eigenvalue weighted by atomic mass is 9.84. The Morgan fingerprint density at radius 1 is 0.913 bits per heavy atom. The van der Waals surface area contributed by atoms with Crippen LogP contribution in [0.3, 0.4) is 0 Å². The molecule has 0 aromatic heterocycles. The van der Waals surface area contributed by atoms with Gasteiger partial charge < -0.3 is 31.1 Å². The number of urea groups is 1. The van der Waals surface area contributed by atoms with Gasteiger partial charge >= 0.3 is 6.03 Å². The number of nitrogens with one attached hydrogen (secondary N) is 4. The van der Waals surface area contributed by atoms with Crippen LogP contribution in [0.1, 0.15) is 95.4 Å². The summed E-state index contributed by atoms with van der Waals surface area (Å²) in [6.07, 6.45) is 2.81. The molecule has 12 nitrogen and oxygen atoms in total. The topological polar surface area (TPSA) is 157 Å². The van der Waals surface area contributed by atoms with Crippen LogP contribution < -0.4 is 21.3 Å². The predicted octanol–water partition coefficient (Wildman–Crippen LogP) is 3.01. The Hall–Kier alpha value is -3.44. The summed E-state index contributed by atoms with van der Waals surface area (Å²) in [5.41, 5.74) is -1.37. The molecule has 0 bridgehead atoms. The molecule has 46 heavy (non-hydrogen) atoms. The minimum Gasteiger partial charge on any atom is -0.346 e. The van der Waals surface area contributed by atoms with E-state index >= 15 is 0 Å². The molecule has 1 fully saturated rings. The maximum absolute atomic E-state index is 14.3. The molecule has 1 aliphatic rings. The number of likely N-dealkylation sites (N-methyl/N-ethyl adjacent to an activating group) is 1. The first-order valence-electron chi connectivity index (χ1n) is 16.5. The van der Waals surface area contributed by atoms with Crippen molar-refractivity contribution in [3.63, 3.8) is 0 Å². The number of hydrogen-bond donors (Lipinski definition) is 4. The second-order valence-corrected chi connectivity index (χ2v) is 15.1. The van der Waals surface area contributed by atoms with Crippen LogP contribution in [0.2, 0.25) is 0 Å². The number of nitrogens with zero attached hydrogens (tertiary/aromatic N) is 2. The quantitative estimate of drug-likeness (QED) is 0.168. The molecule has 0 spiro atoms. The van der Waals surface area contributed by atoms with Gasteiger partial charge in [-0.15, -0.1) is 6.58 Å². The van der Waals surface area contributed by atoms with Crippen molar-refractivity contribution >= 4 is 35.4 Å². The molecule has 0 saturated carbocycles. The summed E-state index contributed by atoms with van der Waals surface area (Å²) in [5, 5.41) is 10.9. The van der Waals surface area contributed by atoms with Crippen LogP contribution in [0, 0.1) is 22.7 Å². The molecule has 0 radical (unpaired) electrons. The zero-order valence-corrected chi connectivity index (χ0v) is 30.2. The average Bonchev–Trinajstić information content (AvgIpc) is 3.40. The summed E-state index contributed by atoms with van der Waals surface area (Å²) < 4.78 is 0. The standard InChI is InChI=1S/C34H60N6O6/c1-14-16-23(25(41)29(43)35-18-15-2)36-28(42)24-22(20(3)4)17-19-40(24)31(45)27(34(10,11)12)38-32(46)37-26(33(7,8)9)30(44)39(13)21(5)6/h15,20-24,26-27H,2,14,16-19H2,1,3-13H3,(H,35,43)(H,36,42)(H2,37,38,46)/t22-,23?,24+,26-,27-/m1/s1. The number of Topliss-reactive ketones (excluding diaryl/α,β-unsaturated/α-hetero) is 1. The second kappa shape index (κ2) is 16.9. The van der Waals surface area contributed by atoms with Crippen molar-refractivity contribution in [1.82, 2.24) is 31.1 Å². The van der Waals surface area contributed by atoms with E-state index in [9.17, 15) is 28.8 Å². The molecule has 1 heterocycles. The smallest absolute Gasteiger partial charge is 0.316 e. The van der Waals surface area contributed by atoms with Crippen LogP contribution in [0.25, 0.3) is 0 Å². The van der Waals surface area contributed by atoms with Gasteiger partial charge in [0.05, 0.1) is 6.04 Å². The minimum absolute atomic E-state index is 0.0330. The molecule has 5 atom stereocenters. The monoisotopic (exact) mass is 648 g/mol. The summed E-state index contributed by atoms with van der Waals surface area (Å²) in [6, 6.07) is -4.60. The number of amides is 6. The summed E-state index contributed by atoms with van der Waals surface area (Å²) in [6.45, 7) is 24.5. The number of hydrogen-bond acceptors (Lipinski definition) is 6. The van der Waals surface area contributed by atoms with Gasteiger partial charge in [-0.25, -0.2) is 4.79 Å². The summed E-state index contributed by atoms with van der Waals surface area (Å²) in [4.78, 5) is 83.4. The predicted molar refractivity (Wildman–Crippen MR) is 180 cm³/mol. The summed E-state index contributed by atoms with van der Waals surface area (Å²) in [7, 11) is 1.68. The third-order valence-corrected chi connectivity index (χ3v) is 8.59. The van der Waals surface area contributed by atoms with Gasteiger partial charge in [-0.05, 0) is 49.4 Å². The van der Waals surface area contributed by atoms with Crippen LogP contribution in [0.4, 0.5) is 4.79 Å². The third kappa shape index (κ3) is 10.8. The van der Waals surface area contributed by atoms with Crippen LogP contribution >= 0.6 is 0 Å². The zero-order valence-electron chi connectivity index (χ0n) is 30.2. The molecule has 1 saturated heterocycles. The highest BCUT2D eigenvalue weighted by atomic mass is 16.2. The highest BCUT2D eigenvalue weighted by molar-refractivity contribution is 6.38. The van der Waals surface area contributed by atoms with Crippen molar-refractivity contribution in [3.8, 4) is 0 Å². The van der Waals surface area contributed by atoms with Gasteiger partial charge in [-0.3, -0.25) is 24.0 Å². The molecular weight excluding hydrogens is 588 g/mol. The van der Waals surface area contributed by atoms with E-state index in [1.54, 1.807) is 11.9 Å². The van der Waals surface area contributed by atoms with Crippen molar-refractivity contribution in [1.29, 1.82) is 0 Å². The van der Waals surface area contributed by atoms with E-state index in [1.165, 1.54) is 11.0 Å². The van der Waals surface area contributed by atoms with Crippen molar-refractivity contribution in [3.05, 3.63) is 12.7 Å². The summed E-state index contributed by atoms with van der Waals surface area (Å²) >= 11 is 0. The van der Waals surface area contributed by atoms with Gasteiger partial charge in [-0.1, -0.05) is 74.8 Å². The van der Waals surface area contributed by atoms with E-state index in [1.807, 2.05) is 76.2 Å². The lowest BCUT2D eigenvalue weighted by Crippen LogP contribution is -2.63. The molecule has 1 rings (SSSR count). The lowest BCUT2D eigenvalue weighted by Gasteiger charge is -2.38. The van der Waals surface area contributed by atoms with E-state index in [2.05, 4.69) is 27.8 Å². The Kier molecular flexibility index (Phi) is 14.9. The minimum atomic E-state index is -1.05. The molecule has 4 N–H and O–H groups in total. The maximum Gasteiger partial charge on any atom is 0.316 e. The number of carbonyl (C=O) groups excluding carboxylic acids is 6. The first kappa shape index (κ1) is 40.6. The van der Waals surface area contributed by atoms with Crippen LogP contribution in [0.5, 0.6) is 0 Å².